The highest BCUT2D eigenvalue weighted by atomic mass is 32.1. The molecular formula is C54H43N7O2S2. The van der Waals surface area contributed by atoms with Crippen molar-refractivity contribution in [3.63, 3.8) is 0 Å². The maximum absolute atomic E-state index is 14.3. The number of H-pyrrole nitrogens is 1. The molecule has 4 heterocycles. The van der Waals surface area contributed by atoms with Crippen LogP contribution in [-0.4, -0.2) is 38.4 Å². The van der Waals surface area contributed by atoms with Crippen LogP contribution in [0.3, 0.4) is 0 Å². The van der Waals surface area contributed by atoms with E-state index in [-0.39, 0.29) is 11.8 Å². The number of hydrogen-bond donors (Lipinski definition) is 3. The fraction of sp³-hybridized carbons (Fsp3) is 0.111. The number of carbonyl (C=O) groups excluding carboxylic acids is 2. The number of anilines is 1. The van der Waals surface area contributed by atoms with Crippen LogP contribution in [0.2, 0.25) is 0 Å². The number of benzene rings is 6. The SMILES string of the molecule is Cc1ccc(C)c(C2=C(c3nc4ccccc4s3)C(NC(=O)c3ccccc3C)=NC2=Nc2[nH]c(NC(=O)c3ccccc3C)c(-c3nc4ccccc4s3)c2-c2cc(C)ccc2C)c1. The van der Waals surface area contributed by atoms with Crippen molar-refractivity contribution >= 4 is 89.4 Å². The van der Waals surface area contributed by atoms with Crippen LogP contribution in [-0.2, 0) is 0 Å². The highest BCUT2D eigenvalue weighted by molar-refractivity contribution is 7.21. The minimum Gasteiger partial charge on any atom is -0.325 e. The molecule has 0 bridgehead atoms. The van der Waals surface area contributed by atoms with Gasteiger partial charge in [0, 0.05) is 22.3 Å². The molecule has 0 saturated carbocycles. The summed E-state index contributed by atoms with van der Waals surface area (Å²) in [5, 5.41) is 7.88. The van der Waals surface area contributed by atoms with Crippen molar-refractivity contribution in [3.05, 3.63) is 189 Å². The molecule has 1 aliphatic heterocycles. The van der Waals surface area contributed by atoms with Crippen LogP contribution in [0.4, 0.5) is 11.6 Å². The van der Waals surface area contributed by atoms with Gasteiger partial charge in [-0.3, -0.25) is 9.59 Å². The molecule has 9 nitrogen and oxygen atoms in total. The molecule has 0 spiro atoms. The summed E-state index contributed by atoms with van der Waals surface area (Å²) in [6.07, 6.45) is 0. The predicted molar refractivity (Wildman–Crippen MR) is 269 cm³/mol. The molecule has 0 saturated heterocycles. The number of amidine groups is 2. The third kappa shape index (κ3) is 7.79. The summed E-state index contributed by atoms with van der Waals surface area (Å²) in [6.45, 7) is 12.1. The summed E-state index contributed by atoms with van der Waals surface area (Å²) >= 11 is 3.09. The van der Waals surface area contributed by atoms with Crippen molar-refractivity contribution < 1.29 is 9.59 Å². The monoisotopic (exact) mass is 885 g/mol. The van der Waals surface area contributed by atoms with E-state index in [0.717, 1.165) is 76.1 Å². The molecule has 10 rings (SSSR count). The molecule has 11 heteroatoms. The van der Waals surface area contributed by atoms with Crippen LogP contribution in [0, 0.1) is 41.5 Å². The van der Waals surface area contributed by atoms with Crippen molar-refractivity contribution in [2.24, 2.45) is 9.98 Å². The summed E-state index contributed by atoms with van der Waals surface area (Å²) < 4.78 is 2.01. The molecule has 3 aromatic heterocycles. The van der Waals surface area contributed by atoms with Crippen molar-refractivity contribution in [2.45, 2.75) is 41.5 Å². The number of carbonyl (C=O) groups is 2. The van der Waals surface area contributed by atoms with Crippen LogP contribution in [0.25, 0.3) is 53.3 Å². The highest BCUT2D eigenvalue weighted by Gasteiger charge is 2.34. The maximum atomic E-state index is 14.3. The van der Waals surface area contributed by atoms with Gasteiger partial charge in [-0.05, 0) is 111 Å². The van der Waals surface area contributed by atoms with Gasteiger partial charge < -0.3 is 15.6 Å². The van der Waals surface area contributed by atoms with E-state index in [9.17, 15) is 9.59 Å². The van der Waals surface area contributed by atoms with Crippen LogP contribution in [0.1, 0.15) is 64.7 Å². The maximum Gasteiger partial charge on any atom is 0.257 e. The van der Waals surface area contributed by atoms with E-state index >= 15 is 0 Å². The Morgan fingerprint density at radius 2 is 1.06 bits per heavy atom. The Balaban J connectivity index is 1.28. The van der Waals surface area contributed by atoms with Crippen molar-refractivity contribution in [2.75, 3.05) is 5.32 Å². The van der Waals surface area contributed by atoms with Gasteiger partial charge in [0.05, 0.1) is 31.6 Å². The standard InChI is InChI=1S/C54H43N7O2S2/c1-29-23-25-33(5)37(27-29)43-45(53-55-39-19-11-13-21-41(39)64-53)49(60-51(62)35-17-9-7-15-31(35)3)58-47(43)57-48-44(38-28-30(2)24-26-34(38)6)46(54-56-40-20-12-14-22-42(40)65-54)50(59-48)61-52(63)36-18-10-8-16-32(36)4/h7-28,58H,1-6H3,(H,60,62)(H,57,59,61,63). The summed E-state index contributed by atoms with van der Waals surface area (Å²) in [7, 11) is 0. The zero-order chi connectivity index (χ0) is 44.9. The lowest BCUT2D eigenvalue weighted by molar-refractivity contribution is 0.0975. The van der Waals surface area contributed by atoms with Gasteiger partial charge in [-0.25, -0.2) is 20.0 Å². The van der Waals surface area contributed by atoms with Gasteiger partial charge in [-0.2, -0.15) is 0 Å². The van der Waals surface area contributed by atoms with E-state index in [0.29, 0.717) is 55.6 Å². The van der Waals surface area contributed by atoms with E-state index in [4.69, 9.17) is 20.0 Å². The number of amides is 2. The number of aliphatic imine (C=N–C) groups is 2. The van der Waals surface area contributed by atoms with Crippen molar-refractivity contribution in [1.82, 2.24) is 20.3 Å². The molecule has 2 amide bonds. The fourth-order valence-corrected chi connectivity index (χ4v) is 10.4. The smallest absolute Gasteiger partial charge is 0.257 e. The lowest BCUT2D eigenvalue weighted by Crippen LogP contribution is -2.31. The average molecular weight is 886 g/mol. The first-order valence-electron chi connectivity index (χ1n) is 21.3. The number of aryl methyl sites for hydroxylation is 6. The van der Waals surface area contributed by atoms with Crippen LogP contribution >= 0.6 is 22.7 Å². The number of hydrogen-bond acceptors (Lipinski definition) is 7. The second kappa shape index (κ2) is 16.8. The highest BCUT2D eigenvalue weighted by Crippen LogP contribution is 2.49. The molecule has 0 aliphatic carbocycles. The normalized spacial score (nSPS) is 13.3. The molecule has 1 aliphatic rings. The molecule has 0 fully saturated rings. The molecule has 0 radical (unpaired) electrons. The van der Waals surface area contributed by atoms with E-state index in [1.165, 1.54) is 11.3 Å². The van der Waals surface area contributed by atoms with Gasteiger partial charge in [-0.15, -0.1) is 22.7 Å². The van der Waals surface area contributed by atoms with Gasteiger partial charge in [0.2, 0.25) is 0 Å². The number of rotatable bonds is 8. The van der Waals surface area contributed by atoms with Crippen LogP contribution in [0.15, 0.2) is 143 Å². The van der Waals surface area contributed by atoms with Crippen LogP contribution in [0.5, 0.6) is 0 Å². The second-order valence-corrected chi connectivity index (χ2v) is 18.5. The molecular weight excluding hydrogens is 843 g/mol. The summed E-state index contributed by atoms with van der Waals surface area (Å²) in [5.74, 6) is 1.06. The largest absolute Gasteiger partial charge is 0.325 e. The molecule has 3 N–H and O–H groups in total. The second-order valence-electron chi connectivity index (χ2n) is 16.4. The molecule has 318 valence electrons. The zero-order valence-corrected chi connectivity index (χ0v) is 38.3. The summed E-state index contributed by atoms with van der Waals surface area (Å²) in [6, 6.07) is 43.7. The molecule has 65 heavy (non-hydrogen) atoms. The predicted octanol–water partition coefficient (Wildman–Crippen LogP) is 13.2. The molecule has 0 unspecified atom stereocenters. The lowest BCUT2D eigenvalue weighted by Gasteiger charge is -2.13. The molecule has 0 atom stereocenters. The van der Waals surface area contributed by atoms with Gasteiger partial charge in [0.1, 0.15) is 27.5 Å². The number of para-hydroxylation sites is 2. The van der Waals surface area contributed by atoms with Crippen LogP contribution < -0.4 is 10.6 Å². The number of aromatic nitrogens is 3. The minimum absolute atomic E-state index is 0.271. The Morgan fingerprint density at radius 1 is 0.538 bits per heavy atom. The molecule has 6 aromatic carbocycles. The number of nitrogens with one attached hydrogen (secondary N) is 3. The number of aromatic amines is 1. The fourth-order valence-electron chi connectivity index (χ4n) is 8.31. The molecule has 9 aromatic rings. The Bertz CT molecular complexity index is 3450. The minimum atomic E-state index is -0.294. The number of nitrogens with zero attached hydrogens (tertiary/aromatic N) is 4. The first kappa shape index (κ1) is 41.4. The average Bonchev–Trinajstić information content (AvgIpc) is 4.08. The van der Waals surface area contributed by atoms with E-state index in [1.807, 2.05) is 105 Å². The van der Waals surface area contributed by atoms with Gasteiger partial charge in [-0.1, -0.05) is 108 Å². The Kier molecular flexibility index (Phi) is 10.7. The number of thiazole rings is 2. The van der Waals surface area contributed by atoms with E-state index in [1.54, 1.807) is 11.3 Å². The quantitative estimate of drug-likeness (QED) is 0.140. The van der Waals surface area contributed by atoms with Crippen molar-refractivity contribution in [1.29, 1.82) is 0 Å². The first-order valence-corrected chi connectivity index (χ1v) is 22.9. The lowest BCUT2D eigenvalue weighted by atomic mass is 9.94. The number of fused-ring (bicyclic) bond motifs is 2. The van der Waals surface area contributed by atoms with Gasteiger partial charge >= 0.3 is 0 Å². The zero-order valence-electron chi connectivity index (χ0n) is 36.6. The van der Waals surface area contributed by atoms with Crippen molar-refractivity contribution in [3.8, 4) is 21.7 Å². The Labute approximate surface area is 384 Å². The third-order valence-electron chi connectivity index (χ3n) is 11.7. The Morgan fingerprint density at radius 3 is 1.68 bits per heavy atom. The topological polar surface area (TPSA) is 124 Å². The summed E-state index contributed by atoms with van der Waals surface area (Å²) in [4.78, 5) is 53.4. The van der Waals surface area contributed by atoms with E-state index in [2.05, 4.69) is 85.8 Å². The summed E-state index contributed by atoms with van der Waals surface area (Å²) in [5.41, 5.74) is 13.3. The van der Waals surface area contributed by atoms with E-state index < -0.39 is 0 Å². The first-order chi connectivity index (χ1) is 31.5. The van der Waals surface area contributed by atoms with Gasteiger partial charge in [0.15, 0.2) is 5.84 Å². The van der Waals surface area contributed by atoms with Gasteiger partial charge in [0.25, 0.3) is 11.8 Å². The Hall–Kier alpha value is -7.60. The third-order valence-corrected chi connectivity index (χ3v) is 13.8.